The number of nitrogens with zero attached hydrogens (tertiary/aromatic N) is 10. The summed E-state index contributed by atoms with van der Waals surface area (Å²) in [6.45, 7) is 4.54. The number of aliphatic hydroxyl groups is 1. The summed E-state index contributed by atoms with van der Waals surface area (Å²) in [6.07, 6.45) is 33.5. The van der Waals surface area contributed by atoms with Gasteiger partial charge in [-0.15, -0.1) is 0 Å². The van der Waals surface area contributed by atoms with Gasteiger partial charge in [0.1, 0.15) is 17.2 Å². The van der Waals surface area contributed by atoms with Gasteiger partial charge in [0.25, 0.3) is 17.7 Å². The average molecular weight is 2080 g/mol. The van der Waals surface area contributed by atoms with Gasteiger partial charge in [-0.05, 0) is 323 Å². The van der Waals surface area contributed by atoms with Crippen LogP contribution in [0.2, 0.25) is 0 Å². The number of aromatic nitrogens is 3. The maximum absolute atomic E-state index is 15.3. The summed E-state index contributed by atoms with van der Waals surface area (Å²) in [7, 11) is 5.82. The molecule has 33 heteroatoms. The maximum Gasteiger partial charge on any atom is 0.303 e. The molecule has 0 radical (unpaired) electrons. The van der Waals surface area contributed by atoms with Crippen molar-refractivity contribution < 1.29 is 73.3 Å². The number of piperidine rings is 3. The molecule has 12 heterocycles. The van der Waals surface area contributed by atoms with E-state index in [2.05, 4.69) is 103 Å². The van der Waals surface area contributed by atoms with Crippen molar-refractivity contribution in [2.45, 2.75) is 321 Å². The number of ether oxygens (including phenoxy) is 3. The summed E-state index contributed by atoms with van der Waals surface area (Å²) >= 11 is 0. The lowest BCUT2D eigenvalue weighted by Gasteiger charge is -2.43. The second-order valence-electron chi connectivity index (χ2n) is 47.8. The molecule has 5 N–H and O–H groups in total. The van der Waals surface area contributed by atoms with Gasteiger partial charge in [-0.25, -0.2) is 14.2 Å². The molecule has 6 bridgehead atoms. The lowest BCUT2D eigenvalue weighted by Crippen LogP contribution is -2.54. The molecule has 9 aliphatic heterocycles. The summed E-state index contributed by atoms with van der Waals surface area (Å²) in [4.78, 5) is 94.7. The third-order valence-electron chi connectivity index (χ3n) is 38.0. The molecule has 13 fully saturated rings. The van der Waals surface area contributed by atoms with E-state index in [1.54, 1.807) is 39.5 Å². The zero-order chi connectivity index (χ0) is 103. The number of nitrogens with one attached hydrogen (secondary N) is 4. The first-order chi connectivity index (χ1) is 70.8. The van der Waals surface area contributed by atoms with Gasteiger partial charge in [0.15, 0.2) is 0 Å². The Morgan fingerprint density at radius 1 is 0.372 bits per heavy atom. The molecule has 7 saturated carbocycles. The summed E-state index contributed by atoms with van der Waals surface area (Å²) in [6, 6.07) is 37.8. The topological polar surface area (TPSA) is 338 Å². The minimum atomic E-state index is -3.98. The van der Waals surface area contributed by atoms with Crippen molar-refractivity contribution in [1.29, 1.82) is 0 Å². The fourth-order valence-electron chi connectivity index (χ4n) is 29.9. The summed E-state index contributed by atoms with van der Waals surface area (Å²) in [5.41, 5.74) is 15.0. The third-order valence-corrected chi connectivity index (χ3v) is 42.2. The number of rotatable bonds is 22. The van der Waals surface area contributed by atoms with Crippen LogP contribution in [0, 0.1) is 22.2 Å². The Morgan fingerprint density at radius 3 is 0.959 bits per heavy atom. The Kier molecular flexibility index (Phi) is 25.9. The molecule has 9 aromatic rings. The van der Waals surface area contributed by atoms with Crippen molar-refractivity contribution in [1.82, 2.24) is 65.7 Å². The smallest absolute Gasteiger partial charge is 0.303 e. The molecule has 6 saturated heterocycles. The highest BCUT2D eigenvalue weighted by molar-refractivity contribution is 7.88. The number of hydrogen-bond acceptors (Lipinski definition) is 18. The number of fused-ring (bicyclic) bond motifs is 27. The Bertz CT molecular complexity index is 7200. The van der Waals surface area contributed by atoms with Gasteiger partial charge in [-0.2, -0.15) is 38.2 Å². The second kappa shape index (κ2) is 37.9. The van der Waals surface area contributed by atoms with Gasteiger partial charge in [0.2, 0.25) is 17.7 Å². The lowest BCUT2D eigenvalue weighted by molar-refractivity contribution is -0.147. The molecule has 12 unspecified atom stereocenters. The largest absolute Gasteiger partial charge is 0.497 e. The van der Waals surface area contributed by atoms with Crippen LogP contribution in [0.3, 0.4) is 0 Å². The average Bonchev–Trinajstić information content (AvgIpc) is 1.52. The number of carbonyl (C=O) groups excluding carboxylic acids is 6. The fraction of sp³-hybridized carbons (Fsp3) is 0.583. The number of amides is 6. The van der Waals surface area contributed by atoms with Crippen LogP contribution in [0.4, 0.5) is 0 Å². The lowest BCUT2D eigenvalue weighted by atomic mass is 9.81. The monoisotopic (exact) mass is 2080 g/mol. The molecule has 148 heavy (non-hydrogen) atoms. The van der Waals surface area contributed by atoms with Crippen LogP contribution in [-0.2, 0) is 64.6 Å². The van der Waals surface area contributed by atoms with Crippen molar-refractivity contribution in [2.75, 3.05) is 84.3 Å². The zero-order valence-corrected chi connectivity index (χ0v) is 90.2. The Balaban J connectivity index is 0.000000122. The van der Waals surface area contributed by atoms with E-state index in [0.29, 0.717) is 62.3 Å². The van der Waals surface area contributed by atoms with E-state index in [4.69, 9.17) is 14.2 Å². The van der Waals surface area contributed by atoms with Gasteiger partial charge in [0.05, 0.1) is 60.3 Å². The van der Waals surface area contributed by atoms with E-state index < -0.39 is 70.2 Å². The van der Waals surface area contributed by atoms with Crippen LogP contribution in [0.1, 0.15) is 312 Å². The highest BCUT2D eigenvalue weighted by Gasteiger charge is 2.70. The second-order valence-corrected chi connectivity index (χ2v) is 53.5. The van der Waals surface area contributed by atoms with Gasteiger partial charge >= 0.3 is 30.6 Å². The van der Waals surface area contributed by atoms with Crippen molar-refractivity contribution in [3.63, 3.8) is 0 Å². The quantitative estimate of drug-likeness (QED) is 0.0421. The molecule has 0 spiro atoms. The molecule has 25 rings (SSSR count). The summed E-state index contributed by atoms with van der Waals surface area (Å²) in [5, 5.41) is 18.1. The van der Waals surface area contributed by atoms with Crippen LogP contribution in [0.25, 0.3) is 66.5 Å². The van der Waals surface area contributed by atoms with E-state index in [9.17, 15) is 44.7 Å². The fourth-order valence-corrected chi connectivity index (χ4v) is 31.5. The van der Waals surface area contributed by atoms with Gasteiger partial charge in [-0.3, -0.25) is 28.8 Å². The van der Waals surface area contributed by atoms with Crippen molar-refractivity contribution >= 4 is 98.8 Å². The number of methoxy groups -OCH3 is 3. The van der Waals surface area contributed by atoms with E-state index in [-0.39, 0.29) is 88.4 Å². The van der Waals surface area contributed by atoms with Gasteiger partial charge in [0, 0.05) is 194 Å². The minimum absolute atomic E-state index is 0.0165. The van der Waals surface area contributed by atoms with Crippen LogP contribution in [0.5, 0.6) is 17.2 Å². The third kappa shape index (κ3) is 17.5. The van der Waals surface area contributed by atoms with Crippen molar-refractivity contribution in [3.05, 3.63) is 159 Å². The molecule has 7 aliphatic carbocycles. The first-order valence-corrected chi connectivity index (χ1v) is 59.0. The molecule has 16 aliphatic rings. The van der Waals surface area contributed by atoms with Crippen LogP contribution < -0.4 is 33.7 Å². The van der Waals surface area contributed by atoms with E-state index >= 15 is 14.4 Å². The first kappa shape index (κ1) is 101. The number of hydrogen-bond donors (Lipinski definition) is 5. The Hall–Kier alpha value is -10.2. The van der Waals surface area contributed by atoms with E-state index in [0.717, 1.165) is 250 Å². The standard InChI is InChI=1S/C40H51N5O5S.C38H49N5O5S.C37H46N4O6S/c1-43(2)51(48,49)42-38(46)26-11-15-32-35(17-26)44-23-40(39(47)45-28-12-13-29(45)19-27(18-28)41-22-24-9-10-24)21-34(40)33-20-30(50-3)14-16-31(33)37(44)36(32)25-7-5-4-6-8-25;1-40(2)27-18-25-12-13-26(19-27)43(25)37(45)38-21-32(38)31-20-28(48-5)14-16-29(31)35-34(23-9-7-6-8-10-23)30-15-11-24(17-33(30)42(35)22-38)36(44)39-49(46,47)41(3)4;1-36(44)18-24-11-12-25(19-36)41(24)35(43)37-20-30(37)29-17-26(47-4)13-15-27(29)33-32(22-8-6-5-7-9-22)28-14-10-23(16-31(28)40(33)21-37)34(42)38-48(45,46)39(2)3/h11,14-17,20,24-25,27-29,34,41H,4-10,12-13,18-19,21-23H2,1-3H3,(H,42,46);11,14-17,20,23,25-27,32H,6-10,12-13,18-19,21-22H2,1-5H3,(H,39,44);10,13-17,22,24-25,30,44H,5-9,11-12,18-21H2,1-4H3,(H,38,42). The Morgan fingerprint density at radius 2 is 0.669 bits per heavy atom. The molecule has 12 atom stereocenters. The SMILES string of the molecule is COc1ccc2c(c1)C1CC1(C(=O)N1C3CCC1CC(C)(O)C3)Cn1c-2c(C2CCCCC2)c2ccc(C(=O)NS(=O)(=O)N(C)C)cc21.COc1ccc2c(c1)C1CC1(C(=O)N1C3CCC1CC(N(C)C)C3)Cn1c-2c(C2CCCCC2)c2ccc(C(=O)NS(=O)(=O)N(C)C)cc21.COc1ccc2c(c1)C1CC1(C(=O)N1C3CCC1CC(NCC1CC1)C3)Cn1c-2c(C2CCCCC2)c2ccc(C(=O)NS(=O)(=O)N(C)C)cc21. The molecule has 790 valence electrons. The Labute approximate surface area is 870 Å². The molecular formula is C115H146N14O16S3. The van der Waals surface area contributed by atoms with E-state index in [1.165, 1.54) is 128 Å². The zero-order valence-electron chi connectivity index (χ0n) is 87.8. The van der Waals surface area contributed by atoms with Gasteiger partial charge in [-0.1, -0.05) is 76.0 Å². The normalized spacial score (nSPS) is 28.7. The van der Waals surface area contributed by atoms with Crippen LogP contribution in [-0.4, -0.2) is 250 Å². The molecule has 30 nitrogen and oxygen atoms in total. The number of benzene rings is 6. The van der Waals surface area contributed by atoms with Crippen LogP contribution >= 0.6 is 0 Å². The molecular weight excluding hydrogens is 1930 g/mol. The number of carbonyl (C=O) groups is 6. The summed E-state index contributed by atoms with van der Waals surface area (Å²) in [5.74, 6) is 3.13. The van der Waals surface area contributed by atoms with Crippen LogP contribution in [0.15, 0.2) is 109 Å². The van der Waals surface area contributed by atoms with Crippen molar-refractivity contribution in [2.24, 2.45) is 22.2 Å². The predicted octanol–water partition coefficient (Wildman–Crippen LogP) is 16.7. The molecule has 6 amide bonds. The summed E-state index contributed by atoms with van der Waals surface area (Å²) < 4.78 is 110. The first-order valence-electron chi connectivity index (χ1n) is 54.7. The highest BCUT2D eigenvalue weighted by atomic mass is 32.2. The van der Waals surface area contributed by atoms with E-state index in [1.807, 2.05) is 61.5 Å². The highest BCUT2D eigenvalue weighted by Crippen LogP contribution is 2.71. The van der Waals surface area contributed by atoms with Crippen molar-refractivity contribution in [3.8, 4) is 51.0 Å². The molecule has 3 aromatic heterocycles. The van der Waals surface area contributed by atoms with Gasteiger partial charge < -0.3 is 57.9 Å². The predicted molar refractivity (Wildman–Crippen MR) is 570 cm³/mol. The maximum atomic E-state index is 15.3. The molecule has 6 aromatic carbocycles. The minimum Gasteiger partial charge on any atom is -0.497 e.